The third-order valence-corrected chi connectivity index (χ3v) is 5.83. The molecule has 0 unspecified atom stereocenters. The van der Waals surface area contributed by atoms with E-state index in [0.717, 1.165) is 0 Å². The smallest absolute Gasteiger partial charge is 0.248 e. The van der Waals surface area contributed by atoms with Crippen molar-refractivity contribution in [1.29, 1.82) is 0 Å². The van der Waals surface area contributed by atoms with Crippen LogP contribution in [0.1, 0.15) is 19.4 Å². The molecule has 6 nitrogen and oxygen atoms in total. The fourth-order valence-electron chi connectivity index (χ4n) is 2.40. The highest BCUT2D eigenvalue weighted by Crippen LogP contribution is 2.17. The normalized spacial score (nSPS) is 11.8. The molecule has 0 bridgehead atoms. The van der Waals surface area contributed by atoms with Gasteiger partial charge in [0.25, 0.3) is 0 Å². The summed E-state index contributed by atoms with van der Waals surface area (Å²) in [5.41, 5.74) is 1.19. The minimum Gasteiger partial charge on any atom is -0.508 e. The van der Waals surface area contributed by atoms with Crippen molar-refractivity contribution in [3.8, 4) is 5.75 Å². The Morgan fingerprint density at radius 2 is 1.77 bits per heavy atom. The van der Waals surface area contributed by atoms with Gasteiger partial charge in [0.1, 0.15) is 5.75 Å². The number of benzene rings is 2. The SMILES string of the molecule is CCN(CC)S(=O)(=O)c1ccc(/C=C/C(=O)Nc2cccc(O)c2)cc1. The molecule has 0 atom stereocenters. The van der Waals surface area contributed by atoms with Gasteiger partial charge >= 0.3 is 0 Å². The number of carbonyl (C=O) groups excluding carboxylic acids is 1. The number of aromatic hydroxyl groups is 1. The number of carbonyl (C=O) groups is 1. The molecule has 26 heavy (non-hydrogen) atoms. The van der Waals surface area contributed by atoms with E-state index >= 15 is 0 Å². The molecule has 2 N–H and O–H groups in total. The van der Waals surface area contributed by atoms with Crippen LogP contribution in [-0.4, -0.2) is 36.8 Å². The summed E-state index contributed by atoms with van der Waals surface area (Å²) in [6.45, 7) is 4.41. The van der Waals surface area contributed by atoms with Gasteiger partial charge in [-0.15, -0.1) is 0 Å². The Morgan fingerprint density at radius 3 is 2.35 bits per heavy atom. The summed E-state index contributed by atoms with van der Waals surface area (Å²) in [6, 6.07) is 12.6. The Bertz CT molecular complexity index is 886. The highest BCUT2D eigenvalue weighted by atomic mass is 32.2. The number of anilines is 1. The van der Waals surface area contributed by atoms with Gasteiger partial charge in [-0.05, 0) is 35.9 Å². The monoisotopic (exact) mass is 374 g/mol. The lowest BCUT2D eigenvalue weighted by Crippen LogP contribution is -2.30. The van der Waals surface area contributed by atoms with Crippen molar-refractivity contribution in [3.63, 3.8) is 0 Å². The third-order valence-electron chi connectivity index (χ3n) is 3.76. The number of hydrogen-bond acceptors (Lipinski definition) is 4. The minimum atomic E-state index is -3.49. The molecular formula is C19H22N2O4S. The molecular weight excluding hydrogens is 352 g/mol. The highest BCUT2D eigenvalue weighted by molar-refractivity contribution is 7.89. The second-order valence-corrected chi connectivity index (χ2v) is 7.47. The maximum Gasteiger partial charge on any atom is 0.248 e. The van der Waals surface area contributed by atoms with E-state index in [2.05, 4.69) is 5.32 Å². The van der Waals surface area contributed by atoms with Crippen LogP contribution >= 0.6 is 0 Å². The number of sulfonamides is 1. The van der Waals surface area contributed by atoms with Gasteiger partial charge in [-0.1, -0.05) is 32.0 Å². The van der Waals surface area contributed by atoms with Crippen LogP contribution in [0, 0.1) is 0 Å². The van der Waals surface area contributed by atoms with E-state index in [1.807, 2.05) is 0 Å². The molecule has 7 heteroatoms. The van der Waals surface area contributed by atoms with Crippen molar-refractivity contribution in [2.24, 2.45) is 0 Å². The average Bonchev–Trinajstić information content (AvgIpc) is 2.61. The Hall–Kier alpha value is -2.64. The lowest BCUT2D eigenvalue weighted by atomic mass is 10.2. The van der Waals surface area contributed by atoms with Crippen molar-refractivity contribution in [2.45, 2.75) is 18.7 Å². The Labute approximate surface area is 153 Å². The second kappa shape index (κ2) is 8.64. The molecule has 2 rings (SSSR count). The molecule has 0 aliphatic rings. The van der Waals surface area contributed by atoms with Crippen molar-refractivity contribution >= 4 is 27.7 Å². The van der Waals surface area contributed by atoms with E-state index in [0.29, 0.717) is 24.3 Å². The fraction of sp³-hybridized carbons (Fsp3) is 0.211. The topological polar surface area (TPSA) is 86.7 Å². The van der Waals surface area contributed by atoms with Crippen LogP contribution in [0.4, 0.5) is 5.69 Å². The zero-order valence-corrected chi connectivity index (χ0v) is 15.5. The van der Waals surface area contributed by atoms with Gasteiger partial charge in [-0.25, -0.2) is 8.42 Å². The summed E-state index contributed by atoms with van der Waals surface area (Å²) < 4.78 is 26.2. The molecule has 0 spiro atoms. The van der Waals surface area contributed by atoms with Crippen LogP contribution in [0.3, 0.4) is 0 Å². The van der Waals surface area contributed by atoms with E-state index in [1.54, 1.807) is 44.2 Å². The minimum absolute atomic E-state index is 0.0665. The van der Waals surface area contributed by atoms with Gasteiger partial charge in [0.15, 0.2) is 0 Å². The van der Waals surface area contributed by atoms with Crippen molar-refractivity contribution in [3.05, 3.63) is 60.2 Å². The molecule has 0 aliphatic heterocycles. The standard InChI is InChI=1S/C19H22N2O4S/c1-3-21(4-2)26(24,25)18-11-8-15(9-12-18)10-13-19(23)20-16-6-5-7-17(22)14-16/h5-14,22H,3-4H2,1-2H3,(H,20,23)/b13-10+. The summed E-state index contributed by atoms with van der Waals surface area (Å²) in [4.78, 5) is 12.1. The summed E-state index contributed by atoms with van der Waals surface area (Å²) in [5.74, 6) is -0.285. The van der Waals surface area contributed by atoms with Crippen molar-refractivity contribution < 1.29 is 18.3 Å². The number of hydrogen-bond donors (Lipinski definition) is 2. The Kier molecular flexibility index (Phi) is 6.54. The van der Waals surface area contributed by atoms with Crippen LogP contribution in [0.5, 0.6) is 5.75 Å². The second-order valence-electron chi connectivity index (χ2n) is 5.53. The predicted octanol–water partition coefficient (Wildman–Crippen LogP) is 3.07. The quantitative estimate of drug-likeness (QED) is 0.729. The summed E-state index contributed by atoms with van der Waals surface area (Å²) in [7, 11) is -3.49. The van der Waals surface area contributed by atoms with Gasteiger partial charge in [0, 0.05) is 30.9 Å². The molecule has 1 amide bonds. The van der Waals surface area contributed by atoms with Gasteiger partial charge in [0.05, 0.1) is 4.90 Å². The number of phenolic OH excluding ortho intramolecular Hbond substituents is 1. The van der Waals surface area contributed by atoms with Crippen LogP contribution < -0.4 is 5.32 Å². The van der Waals surface area contributed by atoms with Crippen molar-refractivity contribution in [1.82, 2.24) is 4.31 Å². The van der Waals surface area contributed by atoms with Gasteiger partial charge < -0.3 is 10.4 Å². The largest absolute Gasteiger partial charge is 0.508 e. The first kappa shape index (κ1) is 19.7. The zero-order valence-electron chi connectivity index (χ0n) is 14.7. The molecule has 2 aromatic rings. The zero-order chi connectivity index (χ0) is 19.2. The summed E-state index contributed by atoms with van der Waals surface area (Å²) in [6.07, 6.45) is 2.93. The van der Waals surface area contributed by atoms with E-state index in [9.17, 15) is 18.3 Å². The fourth-order valence-corrected chi connectivity index (χ4v) is 3.86. The number of phenols is 1. The van der Waals surface area contributed by atoms with Crippen LogP contribution in [0.15, 0.2) is 59.5 Å². The molecule has 0 heterocycles. The van der Waals surface area contributed by atoms with E-state index in [-0.39, 0.29) is 16.6 Å². The van der Waals surface area contributed by atoms with Crippen LogP contribution in [0.25, 0.3) is 6.08 Å². The number of amides is 1. The lowest BCUT2D eigenvalue weighted by Gasteiger charge is -2.18. The molecule has 0 saturated carbocycles. The first-order chi connectivity index (χ1) is 12.4. The molecule has 0 saturated heterocycles. The molecule has 0 radical (unpaired) electrons. The first-order valence-corrected chi connectivity index (χ1v) is 9.69. The Morgan fingerprint density at radius 1 is 1.12 bits per heavy atom. The molecule has 0 aromatic heterocycles. The summed E-state index contributed by atoms with van der Waals surface area (Å²) >= 11 is 0. The van der Waals surface area contributed by atoms with E-state index < -0.39 is 10.0 Å². The molecule has 0 fully saturated rings. The third kappa shape index (κ3) is 4.93. The van der Waals surface area contributed by atoms with Crippen molar-refractivity contribution in [2.75, 3.05) is 18.4 Å². The summed E-state index contributed by atoms with van der Waals surface area (Å²) in [5, 5.41) is 12.0. The lowest BCUT2D eigenvalue weighted by molar-refractivity contribution is -0.111. The number of nitrogens with zero attached hydrogens (tertiary/aromatic N) is 1. The van der Waals surface area contributed by atoms with Gasteiger partial charge in [0.2, 0.25) is 15.9 Å². The average molecular weight is 374 g/mol. The van der Waals surface area contributed by atoms with E-state index in [1.165, 1.54) is 34.6 Å². The number of rotatable bonds is 7. The van der Waals surface area contributed by atoms with Gasteiger partial charge in [-0.2, -0.15) is 4.31 Å². The first-order valence-electron chi connectivity index (χ1n) is 8.25. The highest BCUT2D eigenvalue weighted by Gasteiger charge is 2.20. The molecule has 0 aliphatic carbocycles. The van der Waals surface area contributed by atoms with Gasteiger partial charge in [-0.3, -0.25) is 4.79 Å². The maximum atomic E-state index is 12.4. The predicted molar refractivity (Wildman–Crippen MR) is 102 cm³/mol. The van der Waals surface area contributed by atoms with E-state index in [4.69, 9.17) is 0 Å². The Balaban J connectivity index is 2.06. The molecule has 2 aromatic carbocycles. The number of nitrogens with one attached hydrogen (secondary N) is 1. The molecule has 138 valence electrons. The maximum absolute atomic E-state index is 12.4. The van der Waals surface area contributed by atoms with Crippen LogP contribution in [0.2, 0.25) is 0 Å². The van der Waals surface area contributed by atoms with Crippen LogP contribution in [-0.2, 0) is 14.8 Å².